The van der Waals surface area contributed by atoms with E-state index in [4.69, 9.17) is 0 Å². The molecule has 0 N–H and O–H groups in total. The van der Waals surface area contributed by atoms with E-state index in [0.717, 1.165) is 16.8 Å². The summed E-state index contributed by atoms with van der Waals surface area (Å²) < 4.78 is 135. The molecular weight excluding hydrogens is 546 g/mol. The van der Waals surface area contributed by atoms with Crippen molar-refractivity contribution in [2.75, 3.05) is 5.75 Å². The number of aromatic nitrogens is 7. The number of alkyl halides is 8. The zero-order valence-corrected chi connectivity index (χ0v) is 19.0. The average molecular weight is 557 g/mol. The number of pyridine rings is 1. The summed E-state index contributed by atoms with van der Waals surface area (Å²) in [6, 6.07) is 1.25. The fraction of sp³-hybridized carbons (Fsp3) is 0.333. The lowest BCUT2D eigenvalue weighted by Gasteiger charge is -2.17. The van der Waals surface area contributed by atoms with Crippen molar-refractivity contribution < 1.29 is 48.1 Å². The molecule has 4 aromatic rings. The first kappa shape index (κ1) is 26.3. The number of nitrogens with zero attached hydrogens (tertiary/aromatic N) is 7. The van der Waals surface area contributed by atoms with E-state index < -0.39 is 67.4 Å². The number of fused-ring (bicyclic) bond motifs is 1. The summed E-state index contributed by atoms with van der Waals surface area (Å²) >= 11 is 0. The third-order valence-corrected chi connectivity index (χ3v) is 6.74. The van der Waals surface area contributed by atoms with Crippen LogP contribution < -0.4 is 0 Å². The van der Waals surface area contributed by atoms with E-state index in [2.05, 4.69) is 34.8 Å². The van der Waals surface area contributed by atoms with Crippen molar-refractivity contribution in [3.8, 4) is 22.9 Å². The van der Waals surface area contributed by atoms with E-state index in [1.165, 1.54) is 14.0 Å². The highest BCUT2D eigenvalue weighted by molar-refractivity contribution is 7.91. The molecule has 37 heavy (non-hydrogen) atoms. The van der Waals surface area contributed by atoms with Gasteiger partial charge in [0.1, 0.15) is 16.9 Å². The fourth-order valence-corrected chi connectivity index (χ4v) is 4.14. The Balaban J connectivity index is 1.89. The van der Waals surface area contributed by atoms with Gasteiger partial charge < -0.3 is 9.09 Å². The van der Waals surface area contributed by atoms with Crippen LogP contribution in [0.15, 0.2) is 27.7 Å². The van der Waals surface area contributed by atoms with Crippen LogP contribution in [0.5, 0.6) is 0 Å². The number of hydrogen-bond acceptors (Lipinski definition) is 9. The van der Waals surface area contributed by atoms with Crippen LogP contribution in [-0.4, -0.2) is 55.2 Å². The van der Waals surface area contributed by atoms with Crippen LogP contribution in [0, 0.1) is 0 Å². The van der Waals surface area contributed by atoms with Gasteiger partial charge in [0.15, 0.2) is 21.3 Å². The number of imidazole rings is 1. The average Bonchev–Trinajstić information content (AvgIpc) is 3.43. The lowest BCUT2D eigenvalue weighted by molar-refractivity contribution is -0.291. The first-order valence-electron chi connectivity index (χ1n) is 9.77. The van der Waals surface area contributed by atoms with Crippen molar-refractivity contribution in [3.05, 3.63) is 29.9 Å². The zero-order chi connectivity index (χ0) is 27.6. The second kappa shape index (κ2) is 8.38. The summed E-state index contributed by atoms with van der Waals surface area (Å²) in [6.07, 6.45) is -10.0. The normalized spacial score (nSPS) is 13.5. The number of aryl methyl sites for hydroxylation is 1. The zero-order valence-electron chi connectivity index (χ0n) is 18.2. The first-order valence-corrected chi connectivity index (χ1v) is 11.4. The summed E-state index contributed by atoms with van der Waals surface area (Å²) in [5, 5.41) is 9.47. The highest BCUT2D eigenvalue weighted by Gasteiger charge is 2.60. The molecule has 0 aliphatic carbocycles. The molecule has 0 radical (unpaired) electrons. The molecule has 0 unspecified atom stereocenters. The van der Waals surface area contributed by atoms with Gasteiger partial charge >= 0.3 is 24.2 Å². The predicted octanol–water partition coefficient (Wildman–Crippen LogP) is 3.94. The Morgan fingerprint density at radius 3 is 2.24 bits per heavy atom. The second-order valence-electron chi connectivity index (χ2n) is 7.40. The van der Waals surface area contributed by atoms with E-state index >= 15 is 0 Å². The van der Waals surface area contributed by atoms with E-state index in [-0.39, 0.29) is 17.0 Å². The third kappa shape index (κ3) is 4.46. The first-order chi connectivity index (χ1) is 17.0. The molecule has 0 aliphatic rings. The van der Waals surface area contributed by atoms with Gasteiger partial charge in [-0.3, -0.25) is 4.98 Å². The lowest BCUT2D eigenvalue weighted by atomic mass is 10.2. The summed E-state index contributed by atoms with van der Waals surface area (Å²) in [7, 11) is -2.92. The second-order valence-corrected chi connectivity index (χ2v) is 9.65. The van der Waals surface area contributed by atoms with Crippen molar-refractivity contribution in [3.63, 3.8) is 0 Å². The Hall–Kier alpha value is -3.77. The third-order valence-electron chi connectivity index (χ3n) is 5.00. The van der Waals surface area contributed by atoms with Gasteiger partial charge in [-0.25, -0.2) is 13.4 Å². The topological polar surface area (TPSA) is 130 Å². The highest BCUT2D eigenvalue weighted by Crippen LogP contribution is 2.43. The van der Waals surface area contributed by atoms with Crippen molar-refractivity contribution in [1.82, 2.24) is 34.9 Å². The molecule has 0 spiro atoms. The minimum Gasteiger partial charge on any atom is -0.329 e. The monoisotopic (exact) mass is 557 g/mol. The number of sulfone groups is 1. The molecule has 4 rings (SSSR count). The molecular formula is C18H11F8N7O3S. The van der Waals surface area contributed by atoms with E-state index in [0.29, 0.717) is 6.07 Å². The van der Waals surface area contributed by atoms with Gasteiger partial charge in [0.05, 0.1) is 10.6 Å². The lowest BCUT2D eigenvalue weighted by Crippen LogP contribution is -2.34. The SMILES string of the molecule is CCS(=O)(=O)c1cc(-c2noc(C(F)(F)F)n2)cnc1-c1nc2cc(C(F)(F)C(F)(F)F)nnc2n1C. The molecule has 0 aliphatic heterocycles. The summed E-state index contributed by atoms with van der Waals surface area (Å²) in [6.45, 7) is 1.26. The van der Waals surface area contributed by atoms with Crippen molar-refractivity contribution in [1.29, 1.82) is 0 Å². The Labute approximate surface area is 200 Å². The van der Waals surface area contributed by atoms with E-state index in [1.54, 1.807) is 0 Å². The quantitative estimate of drug-likeness (QED) is 0.335. The molecule has 0 aromatic carbocycles. The molecule has 4 aromatic heterocycles. The van der Waals surface area contributed by atoms with E-state index in [1.807, 2.05) is 0 Å². The van der Waals surface area contributed by atoms with Crippen LogP contribution in [-0.2, 0) is 29.0 Å². The van der Waals surface area contributed by atoms with Crippen LogP contribution in [0.25, 0.3) is 34.1 Å². The number of rotatable bonds is 5. The standard InChI is InChI=1S/C18H11F8N7O3S/c1-3-37(34,35)9-4-7(12-29-15(36-32-12)17(21,22)23)6-27-11(9)14-28-8-5-10(16(19,20)18(24,25)26)30-31-13(8)33(14)2/h4-6H,3H2,1-2H3. The minimum absolute atomic E-state index is 0.277. The number of halogens is 8. The molecule has 0 bridgehead atoms. The molecule has 0 saturated carbocycles. The smallest absolute Gasteiger partial charge is 0.329 e. The van der Waals surface area contributed by atoms with Crippen molar-refractivity contribution >= 4 is 21.0 Å². The fourth-order valence-electron chi connectivity index (χ4n) is 3.08. The summed E-state index contributed by atoms with van der Waals surface area (Å²) in [4.78, 5) is 10.5. The van der Waals surface area contributed by atoms with Gasteiger partial charge in [-0.05, 0) is 12.1 Å². The van der Waals surface area contributed by atoms with Crippen molar-refractivity contribution in [2.45, 2.75) is 30.1 Å². The molecule has 198 valence electrons. The largest absolute Gasteiger partial charge is 0.471 e. The maximum Gasteiger partial charge on any atom is 0.471 e. The van der Waals surface area contributed by atoms with Gasteiger partial charge in [-0.2, -0.15) is 40.1 Å². The highest BCUT2D eigenvalue weighted by atomic mass is 32.2. The summed E-state index contributed by atoms with van der Waals surface area (Å²) in [5.41, 5.74) is -3.17. The van der Waals surface area contributed by atoms with Gasteiger partial charge in [0, 0.05) is 18.8 Å². The molecule has 0 amide bonds. The van der Waals surface area contributed by atoms with Gasteiger partial charge in [-0.1, -0.05) is 12.1 Å². The van der Waals surface area contributed by atoms with E-state index in [9.17, 15) is 43.5 Å². The van der Waals surface area contributed by atoms with Gasteiger partial charge in [-0.15, -0.1) is 10.2 Å². The maximum atomic E-state index is 13.7. The Bertz CT molecular complexity index is 1610. The van der Waals surface area contributed by atoms with Crippen LogP contribution >= 0.6 is 0 Å². The van der Waals surface area contributed by atoms with Crippen LogP contribution in [0.1, 0.15) is 18.5 Å². The Morgan fingerprint density at radius 2 is 1.68 bits per heavy atom. The van der Waals surface area contributed by atoms with Crippen molar-refractivity contribution in [2.24, 2.45) is 7.05 Å². The molecule has 4 heterocycles. The van der Waals surface area contributed by atoms with Crippen LogP contribution in [0.2, 0.25) is 0 Å². The van der Waals surface area contributed by atoms with Gasteiger partial charge in [0.2, 0.25) is 5.82 Å². The molecule has 0 atom stereocenters. The van der Waals surface area contributed by atoms with Crippen LogP contribution in [0.3, 0.4) is 0 Å². The number of hydrogen-bond donors (Lipinski definition) is 0. The Morgan fingerprint density at radius 1 is 1.00 bits per heavy atom. The molecule has 10 nitrogen and oxygen atoms in total. The van der Waals surface area contributed by atoms with Gasteiger partial charge in [0.25, 0.3) is 0 Å². The molecule has 19 heteroatoms. The Kier molecular flexibility index (Phi) is 5.96. The minimum atomic E-state index is -5.96. The predicted molar refractivity (Wildman–Crippen MR) is 106 cm³/mol. The molecule has 0 saturated heterocycles. The molecule has 0 fully saturated rings. The summed E-state index contributed by atoms with van der Waals surface area (Å²) in [5.74, 6) is -8.49. The maximum absolute atomic E-state index is 13.7. The van der Waals surface area contributed by atoms with Crippen LogP contribution in [0.4, 0.5) is 35.1 Å².